The zero-order valence-corrected chi connectivity index (χ0v) is 15.5. The van der Waals surface area contributed by atoms with Gasteiger partial charge in [0.05, 0.1) is 19.1 Å². The molecule has 0 spiro atoms. The summed E-state index contributed by atoms with van der Waals surface area (Å²) in [6.45, 7) is 3.20. The van der Waals surface area contributed by atoms with E-state index in [1.165, 1.54) is 0 Å². The van der Waals surface area contributed by atoms with E-state index in [9.17, 15) is 4.79 Å². The van der Waals surface area contributed by atoms with Crippen molar-refractivity contribution in [2.75, 3.05) is 33.4 Å². The van der Waals surface area contributed by atoms with Gasteiger partial charge in [-0.3, -0.25) is 9.69 Å². The third kappa shape index (κ3) is 5.03. The zero-order chi connectivity index (χ0) is 18.4. The first-order valence-corrected chi connectivity index (χ1v) is 9.11. The zero-order valence-electron chi connectivity index (χ0n) is 14.8. The number of carbonyl (C=O) groups excluding carboxylic acids is 1. The lowest BCUT2D eigenvalue weighted by molar-refractivity contribution is -0.127. The minimum absolute atomic E-state index is 0.0177. The Balaban J connectivity index is 1.56. The van der Waals surface area contributed by atoms with E-state index in [2.05, 4.69) is 20.4 Å². The van der Waals surface area contributed by atoms with E-state index in [-0.39, 0.29) is 11.8 Å². The lowest BCUT2D eigenvalue weighted by Gasteiger charge is -2.30. The van der Waals surface area contributed by atoms with Gasteiger partial charge in [0.2, 0.25) is 17.6 Å². The molecular formula is C18H23ClN4O3. The predicted octanol–water partition coefficient (Wildman–Crippen LogP) is 2.36. The van der Waals surface area contributed by atoms with Gasteiger partial charge in [-0.2, -0.15) is 4.98 Å². The Morgan fingerprint density at radius 2 is 2.38 bits per heavy atom. The molecule has 140 valence electrons. The standard InChI is InChI=1S/C18H23ClN4O3/c1-25-9-7-20-18(24)14-5-3-8-23(11-14)12-16-21-17(22-26-16)13-4-2-6-15(19)10-13/h2,4,6,10,14H,3,5,7-9,11-12H2,1H3,(H,20,24). The van der Waals surface area contributed by atoms with Crippen molar-refractivity contribution < 1.29 is 14.1 Å². The molecule has 1 saturated heterocycles. The molecule has 1 unspecified atom stereocenters. The number of nitrogens with zero attached hydrogens (tertiary/aromatic N) is 3. The summed E-state index contributed by atoms with van der Waals surface area (Å²) >= 11 is 6.01. The van der Waals surface area contributed by atoms with Gasteiger partial charge in [-0.15, -0.1) is 0 Å². The van der Waals surface area contributed by atoms with Gasteiger partial charge in [0.1, 0.15) is 0 Å². The average molecular weight is 379 g/mol. The van der Waals surface area contributed by atoms with Crippen molar-refractivity contribution >= 4 is 17.5 Å². The van der Waals surface area contributed by atoms with Crippen LogP contribution in [-0.2, 0) is 16.1 Å². The molecule has 0 radical (unpaired) electrons. The number of halogens is 1. The van der Waals surface area contributed by atoms with Crippen LogP contribution in [-0.4, -0.2) is 54.3 Å². The molecule has 1 aliphatic rings. The average Bonchev–Trinajstić information content (AvgIpc) is 3.10. The number of hydrogen-bond donors (Lipinski definition) is 1. The van der Waals surface area contributed by atoms with Crippen molar-refractivity contribution in [3.05, 3.63) is 35.2 Å². The van der Waals surface area contributed by atoms with Gasteiger partial charge in [0.25, 0.3) is 0 Å². The summed E-state index contributed by atoms with van der Waals surface area (Å²) in [5.41, 5.74) is 0.821. The molecule has 7 nitrogen and oxygen atoms in total. The summed E-state index contributed by atoms with van der Waals surface area (Å²) in [5, 5.41) is 7.58. The number of nitrogens with one attached hydrogen (secondary N) is 1. The van der Waals surface area contributed by atoms with E-state index >= 15 is 0 Å². The number of aromatic nitrogens is 2. The first kappa shape index (κ1) is 18.8. The van der Waals surface area contributed by atoms with Crippen LogP contribution < -0.4 is 5.32 Å². The summed E-state index contributed by atoms with van der Waals surface area (Å²) < 4.78 is 10.3. The molecule has 3 rings (SSSR count). The highest BCUT2D eigenvalue weighted by Gasteiger charge is 2.26. The fourth-order valence-corrected chi connectivity index (χ4v) is 3.28. The van der Waals surface area contributed by atoms with Crippen molar-refractivity contribution in [2.45, 2.75) is 19.4 Å². The van der Waals surface area contributed by atoms with Crippen LogP contribution >= 0.6 is 11.6 Å². The lowest BCUT2D eigenvalue weighted by Crippen LogP contribution is -2.43. The molecule has 1 N–H and O–H groups in total. The number of ether oxygens (including phenoxy) is 1. The van der Waals surface area contributed by atoms with Crippen molar-refractivity contribution in [1.82, 2.24) is 20.4 Å². The summed E-state index contributed by atoms with van der Waals surface area (Å²) in [4.78, 5) is 18.9. The highest BCUT2D eigenvalue weighted by Crippen LogP contribution is 2.22. The molecule has 2 heterocycles. The smallest absolute Gasteiger partial charge is 0.241 e. The number of carbonyl (C=O) groups is 1. The van der Waals surface area contributed by atoms with Crippen LogP contribution in [0.3, 0.4) is 0 Å². The van der Waals surface area contributed by atoms with Gasteiger partial charge in [-0.1, -0.05) is 28.9 Å². The maximum atomic E-state index is 12.2. The molecule has 26 heavy (non-hydrogen) atoms. The van der Waals surface area contributed by atoms with Crippen LogP contribution in [0.15, 0.2) is 28.8 Å². The molecule has 1 atom stereocenters. The Morgan fingerprint density at radius 1 is 1.50 bits per heavy atom. The molecular weight excluding hydrogens is 356 g/mol. The second-order valence-electron chi connectivity index (χ2n) is 6.38. The summed E-state index contributed by atoms with van der Waals surface area (Å²) in [7, 11) is 1.62. The molecule has 1 aromatic carbocycles. The lowest BCUT2D eigenvalue weighted by atomic mass is 9.97. The normalized spacial score (nSPS) is 18.0. The Labute approximate surface area is 157 Å². The molecule has 1 amide bonds. The van der Waals surface area contributed by atoms with Crippen LogP contribution in [0.1, 0.15) is 18.7 Å². The molecule has 8 heteroatoms. The largest absolute Gasteiger partial charge is 0.383 e. The molecule has 2 aromatic rings. The van der Waals surface area contributed by atoms with Crippen molar-refractivity contribution in [3.8, 4) is 11.4 Å². The summed E-state index contributed by atoms with van der Waals surface area (Å²) in [6, 6.07) is 7.35. The second-order valence-corrected chi connectivity index (χ2v) is 6.82. The molecule has 0 bridgehead atoms. The fraction of sp³-hybridized carbons (Fsp3) is 0.500. The Kier molecular flexibility index (Phi) is 6.60. The topological polar surface area (TPSA) is 80.5 Å². The van der Waals surface area contributed by atoms with E-state index in [0.29, 0.717) is 43.0 Å². The number of benzene rings is 1. The highest BCUT2D eigenvalue weighted by molar-refractivity contribution is 6.30. The van der Waals surface area contributed by atoms with E-state index < -0.39 is 0 Å². The maximum absolute atomic E-state index is 12.2. The van der Waals surface area contributed by atoms with Crippen LogP contribution in [0.4, 0.5) is 0 Å². The van der Waals surface area contributed by atoms with Crippen LogP contribution in [0, 0.1) is 5.92 Å². The SMILES string of the molecule is COCCNC(=O)C1CCCN(Cc2nc(-c3cccc(Cl)c3)no2)C1. The van der Waals surface area contributed by atoms with Crippen LogP contribution in [0.5, 0.6) is 0 Å². The van der Waals surface area contributed by atoms with E-state index in [1.807, 2.05) is 12.1 Å². The van der Waals surface area contributed by atoms with Crippen molar-refractivity contribution in [2.24, 2.45) is 5.92 Å². The van der Waals surface area contributed by atoms with Gasteiger partial charge in [0.15, 0.2) is 0 Å². The van der Waals surface area contributed by atoms with Gasteiger partial charge >= 0.3 is 0 Å². The number of methoxy groups -OCH3 is 1. The Hall–Kier alpha value is -1.96. The van der Waals surface area contributed by atoms with Crippen molar-refractivity contribution in [1.29, 1.82) is 0 Å². The fourth-order valence-electron chi connectivity index (χ4n) is 3.09. The summed E-state index contributed by atoms with van der Waals surface area (Å²) in [5.74, 6) is 1.13. The Morgan fingerprint density at radius 3 is 3.19 bits per heavy atom. The molecule has 0 aliphatic carbocycles. The minimum Gasteiger partial charge on any atom is -0.383 e. The van der Waals surface area contributed by atoms with E-state index in [1.54, 1.807) is 19.2 Å². The quantitative estimate of drug-likeness (QED) is 0.745. The van der Waals surface area contributed by atoms with Crippen molar-refractivity contribution in [3.63, 3.8) is 0 Å². The number of rotatable bonds is 7. The number of likely N-dealkylation sites (tertiary alicyclic amines) is 1. The molecule has 1 aliphatic heterocycles. The highest BCUT2D eigenvalue weighted by atomic mass is 35.5. The first-order chi connectivity index (χ1) is 12.7. The van der Waals surface area contributed by atoms with Gasteiger partial charge in [0, 0.05) is 30.8 Å². The monoisotopic (exact) mass is 378 g/mol. The summed E-state index contributed by atoms with van der Waals surface area (Å²) in [6.07, 6.45) is 1.87. The second kappa shape index (κ2) is 9.12. The maximum Gasteiger partial charge on any atom is 0.241 e. The third-order valence-electron chi connectivity index (χ3n) is 4.39. The van der Waals surface area contributed by atoms with Gasteiger partial charge < -0.3 is 14.6 Å². The Bertz CT molecular complexity index is 737. The number of hydrogen-bond acceptors (Lipinski definition) is 6. The van der Waals surface area contributed by atoms with E-state index in [4.69, 9.17) is 20.9 Å². The van der Waals surface area contributed by atoms with E-state index in [0.717, 1.165) is 24.9 Å². The van der Waals surface area contributed by atoms with Gasteiger partial charge in [-0.25, -0.2) is 0 Å². The molecule has 0 saturated carbocycles. The molecule has 1 aromatic heterocycles. The first-order valence-electron chi connectivity index (χ1n) is 8.73. The van der Waals surface area contributed by atoms with Crippen LogP contribution in [0.2, 0.25) is 5.02 Å². The molecule has 1 fully saturated rings. The van der Waals surface area contributed by atoms with Gasteiger partial charge in [-0.05, 0) is 31.5 Å². The predicted molar refractivity (Wildman–Crippen MR) is 97.6 cm³/mol. The third-order valence-corrected chi connectivity index (χ3v) is 4.63. The number of amides is 1. The minimum atomic E-state index is -0.0177. The van der Waals surface area contributed by atoms with Crippen LogP contribution in [0.25, 0.3) is 11.4 Å². The number of piperidine rings is 1.